The Balaban J connectivity index is 1.87. The van der Waals surface area contributed by atoms with Crippen molar-refractivity contribution in [3.05, 3.63) is 63.4 Å². The molecule has 1 unspecified atom stereocenters. The average Bonchev–Trinajstić information content (AvgIpc) is 3.00. The number of nitrogens with one attached hydrogen (secondary N) is 1. The number of thiophene rings is 1. The molecular formula is C17H15NOS. The summed E-state index contributed by atoms with van der Waals surface area (Å²) < 4.78 is 5.81. The summed E-state index contributed by atoms with van der Waals surface area (Å²) in [6.07, 6.45) is 2.82. The normalized spacial score (nSPS) is 21.2. The molecule has 0 amide bonds. The van der Waals surface area contributed by atoms with Crippen molar-refractivity contribution in [3.8, 4) is 0 Å². The van der Waals surface area contributed by atoms with Crippen molar-refractivity contribution < 1.29 is 4.74 Å². The first-order chi connectivity index (χ1) is 9.83. The molecule has 1 N–H and O–H groups in total. The molecular weight excluding hydrogens is 266 g/mol. The van der Waals surface area contributed by atoms with Crippen LogP contribution in [0.3, 0.4) is 0 Å². The second kappa shape index (κ2) is 4.60. The Morgan fingerprint density at radius 3 is 2.85 bits per heavy atom. The number of fused-ring (bicyclic) bond motifs is 2. The van der Waals surface area contributed by atoms with Crippen molar-refractivity contribution in [1.82, 2.24) is 0 Å². The molecule has 0 bridgehead atoms. The van der Waals surface area contributed by atoms with Crippen molar-refractivity contribution in [2.45, 2.75) is 25.2 Å². The Morgan fingerprint density at radius 2 is 2.00 bits per heavy atom. The van der Waals surface area contributed by atoms with Crippen LogP contribution in [0.15, 0.2) is 47.4 Å². The van der Waals surface area contributed by atoms with E-state index in [0.29, 0.717) is 18.2 Å². The van der Waals surface area contributed by atoms with Crippen molar-refractivity contribution >= 4 is 23.0 Å². The summed E-state index contributed by atoms with van der Waals surface area (Å²) >= 11 is 1.78. The van der Waals surface area contributed by atoms with Gasteiger partial charge < -0.3 is 4.74 Å². The molecule has 1 aliphatic carbocycles. The largest absolute Gasteiger partial charge is 0.443 e. The molecule has 1 aliphatic heterocycles. The maximum atomic E-state index is 8.03. The first-order valence-corrected chi connectivity index (χ1v) is 7.81. The molecule has 3 heteroatoms. The zero-order chi connectivity index (χ0) is 13.5. The number of allylic oxidation sites excluding steroid dienone is 1. The second-order valence-corrected chi connectivity index (χ2v) is 6.29. The van der Waals surface area contributed by atoms with E-state index < -0.39 is 0 Å². The number of rotatable bonds is 1. The highest BCUT2D eigenvalue weighted by molar-refractivity contribution is 7.10. The second-order valence-electron chi connectivity index (χ2n) is 5.31. The van der Waals surface area contributed by atoms with E-state index >= 15 is 0 Å². The molecule has 0 saturated carbocycles. The van der Waals surface area contributed by atoms with E-state index in [1.54, 1.807) is 11.3 Å². The minimum absolute atomic E-state index is 0.333. The highest BCUT2D eigenvalue weighted by Gasteiger charge is 2.33. The molecule has 2 aromatic rings. The summed E-state index contributed by atoms with van der Waals surface area (Å²) in [5.74, 6) is 1.67. The fourth-order valence-electron chi connectivity index (χ4n) is 3.20. The molecule has 0 spiro atoms. The zero-order valence-corrected chi connectivity index (χ0v) is 11.9. The predicted molar refractivity (Wildman–Crippen MR) is 82.2 cm³/mol. The molecule has 4 rings (SSSR count). The van der Waals surface area contributed by atoms with Gasteiger partial charge in [0.2, 0.25) is 0 Å². The summed E-state index contributed by atoms with van der Waals surface area (Å²) in [5, 5.41) is 10.2. The third-order valence-electron chi connectivity index (χ3n) is 4.14. The van der Waals surface area contributed by atoms with E-state index in [9.17, 15) is 0 Å². The van der Waals surface area contributed by atoms with Gasteiger partial charge in [-0.25, -0.2) is 0 Å². The number of hydrogen-bond acceptors (Lipinski definition) is 3. The lowest BCUT2D eigenvalue weighted by atomic mass is 9.80. The van der Waals surface area contributed by atoms with Crippen molar-refractivity contribution in [3.63, 3.8) is 0 Å². The molecule has 20 heavy (non-hydrogen) atoms. The lowest BCUT2D eigenvalue weighted by molar-refractivity contribution is 0.440. The zero-order valence-electron chi connectivity index (χ0n) is 11.1. The maximum absolute atomic E-state index is 8.03. The quantitative estimate of drug-likeness (QED) is 0.815. The smallest absolute Gasteiger partial charge is 0.188 e. The summed E-state index contributed by atoms with van der Waals surface area (Å²) in [4.78, 5) is 1.35. The van der Waals surface area contributed by atoms with Gasteiger partial charge in [-0.2, -0.15) is 0 Å². The molecule has 0 fully saturated rings. The van der Waals surface area contributed by atoms with E-state index in [-0.39, 0.29) is 0 Å². The van der Waals surface area contributed by atoms with Gasteiger partial charge in [-0.15, -0.1) is 11.3 Å². The van der Waals surface area contributed by atoms with Crippen LogP contribution in [0.4, 0.5) is 0 Å². The van der Waals surface area contributed by atoms with Crippen LogP contribution in [-0.2, 0) is 11.2 Å². The molecule has 1 aromatic carbocycles. The van der Waals surface area contributed by atoms with Crippen molar-refractivity contribution in [2.75, 3.05) is 0 Å². The van der Waals surface area contributed by atoms with E-state index in [0.717, 1.165) is 18.6 Å². The van der Waals surface area contributed by atoms with Gasteiger partial charge in [-0.1, -0.05) is 30.3 Å². The van der Waals surface area contributed by atoms with Crippen LogP contribution in [0.1, 0.15) is 34.8 Å². The van der Waals surface area contributed by atoms with Crippen LogP contribution in [0.5, 0.6) is 0 Å². The monoisotopic (exact) mass is 281 g/mol. The van der Waals surface area contributed by atoms with Crippen molar-refractivity contribution in [2.24, 2.45) is 0 Å². The van der Waals surface area contributed by atoms with Gasteiger partial charge in [-0.05, 0) is 35.4 Å². The summed E-state index contributed by atoms with van der Waals surface area (Å²) in [6, 6.07) is 12.7. The van der Waals surface area contributed by atoms with Crippen LogP contribution in [-0.4, -0.2) is 5.90 Å². The van der Waals surface area contributed by atoms with E-state index in [4.69, 9.17) is 10.1 Å². The summed E-state index contributed by atoms with van der Waals surface area (Å²) in [5.41, 5.74) is 3.90. The topological polar surface area (TPSA) is 33.1 Å². The third kappa shape index (κ3) is 1.81. The van der Waals surface area contributed by atoms with Gasteiger partial charge in [0, 0.05) is 22.8 Å². The molecule has 0 saturated heterocycles. The molecule has 0 radical (unpaired) electrons. The molecule has 2 aliphatic rings. The summed E-state index contributed by atoms with van der Waals surface area (Å²) in [6.45, 7) is 0. The van der Waals surface area contributed by atoms with Gasteiger partial charge in [0.05, 0.1) is 0 Å². The van der Waals surface area contributed by atoms with Crippen LogP contribution in [0, 0.1) is 5.41 Å². The number of benzene rings is 1. The van der Waals surface area contributed by atoms with Crippen LogP contribution >= 0.6 is 11.3 Å². The Bertz CT molecular complexity index is 700. The standard InChI is InChI=1S/C17H15NOS/c18-16-10-14(15-6-3-9-20-15)13-8-7-11-4-1-2-5-12(11)17(13)19-16/h1-6,9,14,18H,7-8,10H2. The molecule has 2 nitrogen and oxygen atoms in total. The minimum Gasteiger partial charge on any atom is -0.443 e. The van der Waals surface area contributed by atoms with Gasteiger partial charge >= 0.3 is 0 Å². The first kappa shape index (κ1) is 11.9. The van der Waals surface area contributed by atoms with E-state index in [1.807, 2.05) is 0 Å². The lowest BCUT2D eigenvalue weighted by Gasteiger charge is -2.32. The van der Waals surface area contributed by atoms with Gasteiger partial charge in [0.25, 0.3) is 0 Å². The third-order valence-corrected chi connectivity index (χ3v) is 5.13. The average molecular weight is 281 g/mol. The summed E-state index contributed by atoms with van der Waals surface area (Å²) in [7, 11) is 0. The molecule has 2 heterocycles. The fourth-order valence-corrected chi connectivity index (χ4v) is 4.07. The maximum Gasteiger partial charge on any atom is 0.188 e. The Morgan fingerprint density at radius 1 is 1.10 bits per heavy atom. The fraction of sp³-hybridized carbons (Fsp3) is 0.235. The Labute approximate surface area is 122 Å². The first-order valence-electron chi connectivity index (χ1n) is 6.93. The number of aryl methyl sites for hydroxylation is 1. The predicted octanol–water partition coefficient (Wildman–Crippen LogP) is 4.59. The minimum atomic E-state index is 0.333. The Kier molecular flexibility index (Phi) is 2.74. The van der Waals surface area contributed by atoms with Gasteiger partial charge in [0.15, 0.2) is 5.90 Å². The van der Waals surface area contributed by atoms with Crippen LogP contribution in [0.2, 0.25) is 0 Å². The number of ether oxygens (including phenoxy) is 1. The Hall–Kier alpha value is -1.87. The highest BCUT2D eigenvalue weighted by Crippen LogP contribution is 2.45. The molecule has 1 aromatic heterocycles. The number of hydrogen-bond donors (Lipinski definition) is 1. The lowest BCUT2D eigenvalue weighted by Crippen LogP contribution is -2.22. The van der Waals surface area contributed by atoms with E-state index in [1.165, 1.54) is 21.6 Å². The molecule has 100 valence electrons. The SMILES string of the molecule is N=C1CC(c2cccs2)C2=C(O1)c1ccccc1CC2. The van der Waals surface area contributed by atoms with Crippen LogP contribution < -0.4 is 0 Å². The van der Waals surface area contributed by atoms with Crippen molar-refractivity contribution in [1.29, 1.82) is 5.41 Å². The van der Waals surface area contributed by atoms with Gasteiger partial charge in [-0.3, -0.25) is 5.41 Å². The van der Waals surface area contributed by atoms with Gasteiger partial charge in [0.1, 0.15) is 5.76 Å². The molecule has 1 atom stereocenters. The van der Waals surface area contributed by atoms with E-state index in [2.05, 4.69) is 41.8 Å². The van der Waals surface area contributed by atoms with Crippen LogP contribution in [0.25, 0.3) is 5.76 Å². The highest BCUT2D eigenvalue weighted by atomic mass is 32.1.